The van der Waals surface area contributed by atoms with Crippen molar-refractivity contribution in [1.82, 2.24) is 0 Å². The van der Waals surface area contributed by atoms with E-state index in [0.29, 0.717) is 69.0 Å². The fourth-order valence-corrected chi connectivity index (χ4v) is 4.06. The molecule has 0 N–H and O–H groups in total. The van der Waals surface area contributed by atoms with Gasteiger partial charge >= 0.3 is 0 Å². The lowest BCUT2D eigenvalue weighted by Crippen LogP contribution is -1.95. The minimum atomic E-state index is 0.544. The normalized spacial score (nSPS) is 12.7. The van der Waals surface area contributed by atoms with Gasteiger partial charge in [0.25, 0.3) is 0 Å². The van der Waals surface area contributed by atoms with Crippen molar-refractivity contribution in [2.75, 3.05) is 0 Å². The first kappa shape index (κ1) is 20.3. The summed E-state index contributed by atoms with van der Waals surface area (Å²) >= 11 is 0. The van der Waals surface area contributed by atoms with Gasteiger partial charge in [0.05, 0.1) is 0 Å². The Bertz CT molecular complexity index is 1290. The van der Waals surface area contributed by atoms with Gasteiger partial charge in [-0.25, -0.2) is 0 Å². The van der Waals surface area contributed by atoms with Gasteiger partial charge in [0.2, 0.25) is 0 Å². The molecule has 3 aliphatic heterocycles. The lowest BCUT2D eigenvalue weighted by atomic mass is 10.2. The maximum Gasteiger partial charge on any atom is 0.134 e. The Labute approximate surface area is 206 Å². The second kappa shape index (κ2) is 8.29. The molecule has 174 valence electrons. The molecule has 6 heteroatoms. The van der Waals surface area contributed by atoms with Gasteiger partial charge in [-0.15, -0.1) is 0 Å². The summed E-state index contributed by atoms with van der Waals surface area (Å²) < 4.78 is 37.2. The Morgan fingerprint density at radius 3 is 0.583 bits per heavy atom. The van der Waals surface area contributed by atoms with Gasteiger partial charge in [-0.2, -0.15) is 0 Å². The molecule has 0 saturated heterocycles. The molecule has 3 heterocycles. The zero-order valence-corrected chi connectivity index (χ0v) is 18.8. The highest BCUT2D eigenvalue weighted by atomic mass is 16.5. The van der Waals surface area contributed by atoms with Crippen LogP contribution in [0.3, 0.4) is 0 Å². The van der Waals surface area contributed by atoms with Gasteiger partial charge < -0.3 is 28.4 Å². The fourth-order valence-electron chi connectivity index (χ4n) is 4.06. The monoisotopic (exact) mass is 474 g/mol. The summed E-state index contributed by atoms with van der Waals surface area (Å²) in [5.74, 6) is 6.86. The van der Waals surface area contributed by atoms with E-state index in [0.717, 1.165) is 0 Å². The highest BCUT2D eigenvalue weighted by Crippen LogP contribution is 2.41. The molecule has 6 nitrogen and oxygen atoms in total. The molecule has 0 saturated carbocycles. The molecule has 0 spiro atoms. The van der Waals surface area contributed by atoms with E-state index < -0.39 is 0 Å². The summed E-state index contributed by atoms with van der Waals surface area (Å²) in [5, 5.41) is 0. The number of ether oxygens (including phenoxy) is 6. The Morgan fingerprint density at radius 1 is 0.222 bits per heavy atom. The van der Waals surface area contributed by atoms with Crippen molar-refractivity contribution in [1.29, 1.82) is 0 Å². The fraction of sp³-hybridized carbons (Fsp3) is 0. The van der Waals surface area contributed by atoms with Gasteiger partial charge in [-0.3, -0.25) is 0 Å². The molecule has 3 aliphatic rings. The summed E-state index contributed by atoms with van der Waals surface area (Å²) in [6.07, 6.45) is 0. The van der Waals surface area contributed by atoms with E-state index in [4.69, 9.17) is 28.4 Å². The molecule has 0 unspecified atom stereocenters. The van der Waals surface area contributed by atoms with Gasteiger partial charge in [0, 0.05) is 54.6 Å². The molecule has 0 amide bonds. The van der Waals surface area contributed by atoms with Crippen LogP contribution in [0.2, 0.25) is 0 Å². The predicted molar refractivity (Wildman–Crippen MR) is 133 cm³/mol. The van der Waals surface area contributed by atoms with Crippen LogP contribution >= 0.6 is 0 Å². The van der Waals surface area contributed by atoms with E-state index in [1.165, 1.54) is 0 Å². The Morgan fingerprint density at radius 2 is 0.389 bits per heavy atom. The summed E-state index contributed by atoms with van der Waals surface area (Å²) in [6, 6.07) is 33.0. The number of hydrogen-bond donors (Lipinski definition) is 0. The van der Waals surface area contributed by atoms with Crippen LogP contribution in [-0.2, 0) is 0 Å². The first-order chi connectivity index (χ1) is 17.7. The number of rotatable bonds is 0. The molecule has 0 radical (unpaired) electrons. The second-order valence-corrected chi connectivity index (χ2v) is 8.32. The number of benzene rings is 5. The van der Waals surface area contributed by atoms with Crippen LogP contribution in [0.15, 0.2) is 109 Å². The van der Waals surface area contributed by atoms with Crippen molar-refractivity contribution in [2.45, 2.75) is 0 Å². The summed E-state index contributed by atoms with van der Waals surface area (Å²) in [5.41, 5.74) is 0. The van der Waals surface area contributed by atoms with E-state index in [1.807, 2.05) is 72.8 Å². The topological polar surface area (TPSA) is 55.4 Å². The molecule has 0 atom stereocenters. The predicted octanol–water partition coefficient (Wildman–Crippen LogP) is 9.07. The van der Waals surface area contributed by atoms with E-state index >= 15 is 0 Å². The second-order valence-electron chi connectivity index (χ2n) is 8.32. The molecule has 8 rings (SSSR count). The van der Waals surface area contributed by atoms with Crippen molar-refractivity contribution in [3.63, 3.8) is 0 Å². The van der Waals surface area contributed by atoms with Gasteiger partial charge in [0.1, 0.15) is 69.0 Å². The number of hydrogen-bond acceptors (Lipinski definition) is 6. The zero-order valence-electron chi connectivity index (χ0n) is 18.8. The van der Waals surface area contributed by atoms with Crippen molar-refractivity contribution in [3.05, 3.63) is 109 Å². The van der Waals surface area contributed by atoms with Crippen LogP contribution in [0.25, 0.3) is 0 Å². The van der Waals surface area contributed by atoms with Crippen LogP contribution in [0, 0.1) is 0 Å². The van der Waals surface area contributed by atoms with Crippen molar-refractivity contribution >= 4 is 0 Å². The summed E-state index contributed by atoms with van der Waals surface area (Å²) in [7, 11) is 0. The van der Waals surface area contributed by atoms with E-state index in [9.17, 15) is 0 Å². The molecular formula is C30H18O6. The van der Waals surface area contributed by atoms with Crippen molar-refractivity contribution < 1.29 is 28.4 Å². The molecule has 0 aliphatic carbocycles. The highest BCUT2D eigenvalue weighted by Gasteiger charge is 2.14. The smallest absolute Gasteiger partial charge is 0.134 e. The molecular weight excluding hydrogens is 456 g/mol. The molecule has 5 aromatic rings. The minimum absolute atomic E-state index is 0.544. The lowest BCUT2D eigenvalue weighted by Gasteiger charge is -2.17. The van der Waals surface area contributed by atoms with E-state index in [-0.39, 0.29) is 0 Å². The average Bonchev–Trinajstić information content (AvgIpc) is 2.83. The quantitative estimate of drug-likeness (QED) is 0.218. The van der Waals surface area contributed by atoms with Crippen molar-refractivity contribution in [3.8, 4) is 69.0 Å². The standard InChI is InChI=1S/C30H18O6/c1-4-19-10-20(5-1)32-26-14-28-18-30(16-26)36-24-9-3-8-23(12-24)35-29-15-25(31-19)13-27(17-29)33-21-6-2-7-22(11-21)34-28/h1-18H. The first-order valence-electron chi connectivity index (χ1n) is 11.4. The molecule has 5 aromatic carbocycles. The maximum atomic E-state index is 6.19. The van der Waals surface area contributed by atoms with Crippen molar-refractivity contribution in [2.24, 2.45) is 0 Å². The lowest BCUT2D eigenvalue weighted by molar-refractivity contribution is 0.420. The third kappa shape index (κ3) is 4.23. The van der Waals surface area contributed by atoms with Crippen LogP contribution < -0.4 is 28.4 Å². The van der Waals surface area contributed by atoms with Gasteiger partial charge in [0.15, 0.2) is 0 Å². The van der Waals surface area contributed by atoms with E-state index in [1.54, 1.807) is 36.4 Å². The summed E-state index contributed by atoms with van der Waals surface area (Å²) in [4.78, 5) is 0. The minimum Gasteiger partial charge on any atom is -0.457 e. The molecule has 0 fully saturated rings. The average molecular weight is 474 g/mol. The highest BCUT2D eigenvalue weighted by molar-refractivity contribution is 5.52. The SMILES string of the molecule is c1cc2cc(c1)Oc1cc3cc(c1)Oc1cccc(c1)Oc1cc(cc(c1)Oc1cccc(c1)O3)O2. The first-order valence-corrected chi connectivity index (χ1v) is 11.4. The third-order valence-electron chi connectivity index (χ3n) is 5.54. The van der Waals surface area contributed by atoms with Gasteiger partial charge in [-0.05, 0) is 36.4 Å². The molecule has 12 bridgehead atoms. The third-order valence-corrected chi connectivity index (χ3v) is 5.54. The Balaban J connectivity index is 1.49. The summed E-state index contributed by atoms with van der Waals surface area (Å²) in [6.45, 7) is 0. The van der Waals surface area contributed by atoms with Crippen LogP contribution in [0.5, 0.6) is 69.0 Å². The van der Waals surface area contributed by atoms with Gasteiger partial charge in [-0.1, -0.05) is 18.2 Å². The maximum absolute atomic E-state index is 6.19. The van der Waals surface area contributed by atoms with Crippen LogP contribution in [-0.4, -0.2) is 0 Å². The Hall–Kier alpha value is -5.10. The zero-order chi connectivity index (χ0) is 23.9. The molecule has 36 heavy (non-hydrogen) atoms. The van der Waals surface area contributed by atoms with Crippen LogP contribution in [0.1, 0.15) is 0 Å². The van der Waals surface area contributed by atoms with E-state index in [2.05, 4.69) is 0 Å². The Kier molecular flexibility index (Phi) is 4.67. The largest absolute Gasteiger partial charge is 0.457 e. The van der Waals surface area contributed by atoms with Crippen LogP contribution in [0.4, 0.5) is 0 Å². The molecule has 0 aromatic heterocycles.